The van der Waals surface area contributed by atoms with Crippen molar-refractivity contribution < 1.29 is 4.74 Å². The van der Waals surface area contributed by atoms with Gasteiger partial charge >= 0.3 is 0 Å². The van der Waals surface area contributed by atoms with Crippen LogP contribution in [-0.4, -0.2) is 12.2 Å². The van der Waals surface area contributed by atoms with E-state index in [1.807, 2.05) is 6.08 Å². The lowest BCUT2D eigenvalue weighted by Crippen LogP contribution is -1.91. The summed E-state index contributed by atoms with van der Waals surface area (Å²) in [6, 6.07) is 0. The molecule has 0 unspecified atom stereocenters. The monoisotopic (exact) mass is 154 g/mol. The summed E-state index contributed by atoms with van der Waals surface area (Å²) in [5.41, 5.74) is 0. The van der Waals surface area contributed by atoms with Gasteiger partial charge in [0.1, 0.15) is 0 Å². The molecule has 0 aromatic carbocycles. The standard InChI is InChI=1S/C10H18O/c1-3-5-6-8-10-9(11-10)7-4-2/h4,9-10H,2-3,5-8H2,1H3/t9-,10+/m0/s1. The van der Waals surface area contributed by atoms with Gasteiger partial charge in [-0.3, -0.25) is 0 Å². The summed E-state index contributed by atoms with van der Waals surface area (Å²) in [5.74, 6) is 0. The Hall–Kier alpha value is -0.300. The van der Waals surface area contributed by atoms with Crippen molar-refractivity contribution in [2.24, 2.45) is 0 Å². The molecule has 1 nitrogen and oxygen atoms in total. The number of hydrogen-bond acceptors (Lipinski definition) is 1. The molecule has 1 heteroatoms. The first kappa shape index (κ1) is 8.79. The first-order valence-electron chi connectivity index (χ1n) is 4.64. The van der Waals surface area contributed by atoms with Gasteiger partial charge in [-0.15, -0.1) is 6.58 Å². The molecule has 1 rings (SSSR count). The average Bonchev–Trinajstić information content (AvgIpc) is 2.70. The number of rotatable bonds is 6. The minimum Gasteiger partial charge on any atom is -0.369 e. The van der Waals surface area contributed by atoms with Gasteiger partial charge in [0.05, 0.1) is 12.2 Å². The maximum Gasteiger partial charge on any atom is 0.0876 e. The molecule has 64 valence electrons. The Morgan fingerprint density at radius 3 is 2.82 bits per heavy atom. The van der Waals surface area contributed by atoms with Gasteiger partial charge in [-0.2, -0.15) is 0 Å². The van der Waals surface area contributed by atoms with Crippen LogP contribution in [-0.2, 0) is 4.74 Å². The molecule has 1 fully saturated rings. The minimum atomic E-state index is 0.518. The molecule has 0 aliphatic carbocycles. The topological polar surface area (TPSA) is 12.5 Å². The second-order valence-corrected chi connectivity index (χ2v) is 3.23. The molecule has 1 heterocycles. The Balaban J connectivity index is 1.91. The molecule has 0 saturated carbocycles. The van der Waals surface area contributed by atoms with Crippen LogP contribution in [0, 0.1) is 0 Å². The van der Waals surface area contributed by atoms with Crippen molar-refractivity contribution in [3.8, 4) is 0 Å². The summed E-state index contributed by atoms with van der Waals surface area (Å²) in [4.78, 5) is 0. The zero-order valence-electron chi connectivity index (χ0n) is 7.38. The van der Waals surface area contributed by atoms with E-state index < -0.39 is 0 Å². The van der Waals surface area contributed by atoms with E-state index >= 15 is 0 Å². The summed E-state index contributed by atoms with van der Waals surface area (Å²) in [5, 5.41) is 0. The molecule has 1 aliphatic heterocycles. The lowest BCUT2D eigenvalue weighted by Gasteiger charge is -1.92. The van der Waals surface area contributed by atoms with Crippen LogP contribution in [0.2, 0.25) is 0 Å². The maximum absolute atomic E-state index is 5.43. The smallest absolute Gasteiger partial charge is 0.0876 e. The van der Waals surface area contributed by atoms with Gasteiger partial charge < -0.3 is 4.74 Å². The van der Waals surface area contributed by atoms with Crippen molar-refractivity contribution in [2.75, 3.05) is 0 Å². The van der Waals surface area contributed by atoms with E-state index in [9.17, 15) is 0 Å². The Morgan fingerprint density at radius 1 is 1.36 bits per heavy atom. The fourth-order valence-electron chi connectivity index (χ4n) is 1.40. The summed E-state index contributed by atoms with van der Waals surface area (Å²) in [7, 11) is 0. The van der Waals surface area contributed by atoms with Gasteiger partial charge in [0, 0.05) is 0 Å². The largest absolute Gasteiger partial charge is 0.369 e. The number of epoxide rings is 1. The van der Waals surface area contributed by atoms with Crippen molar-refractivity contribution in [2.45, 2.75) is 51.2 Å². The highest BCUT2D eigenvalue weighted by molar-refractivity contribution is 4.89. The molecule has 2 atom stereocenters. The van der Waals surface area contributed by atoms with Crippen molar-refractivity contribution in [3.05, 3.63) is 12.7 Å². The third-order valence-corrected chi connectivity index (χ3v) is 2.18. The van der Waals surface area contributed by atoms with Gasteiger partial charge in [-0.05, 0) is 12.8 Å². The molecule has 11 heavy (non-hydrogen) atoms. The van der Waals surface area contributed by atoms with Gasteiger partial charge in [0.2, 0.25) is 0 Å². The highest BCUT2D eigenvalue weighted by atomic mass is 16.6. The molecule has 0 spiro atoms. The van der Waals surface area contributed by atoms with Crippen molar-refractivity contribution in [1.29, 1.82) is 0 Å². The fraction of sp³-hybridized carbons (Fsp3) is 0.800. The second-order valence-electron chi connectivity index (χ2n) is 3.23. The summed E-state index contributed by atoms with van der Waals surface area (Å²) < 4.78 is 5.43. The van der Waals surface area contributed by atoms with Crippen LogP contribution in [0.1, 0.15) is 39.0 Å². The zero-order chi connectivity index (χ0) is 8.10. The molecule has 0 bridgehead atoms. The van der Waals surface area contributed by atoms with Crippen LogP contribution in [0.25, 0.3) is 0 Å². The molecule has 1 saturated heterocycles. The lowest BCUT2D eigenvalue weighted by atomic mass is 10.1. The number of ether oxygens (including phenoxy) is 1. The van der Waals surface area contributed by atoms with E-state index in [1.54, 1.807) is 0 Å². The van der Waals surface area contributed by atoms with Crippen LogP contribution in [0.3, 0.4) is 0 Å². The normalized spacial score (nSPS) is 28.5. The van der Waals surface area contributed by atoms with Gasteiger partial charge in [0.15, 0.2) is 0 Å². The molecule has 0 aromatic heterocycles. The second kappa shape index (κ2) is 4.55. The van der Waals surface area contributed by atoms with Crippen molar-refractivity contribution in [1.82, 2.24) is 0 Å². The van der Waals surface area contributed by atoms with E-state index in [0.29, 0.717) is 12.2 Å². The predicted molar refractivity (Wildman–Crippen MR) is 47.6 cm³/mol. The van der Waals surface area contributed by atoms with E-state index in [-0.39, 0.29) is 0 Å². The van der Waals surface area contributed by atoms with E-state index in [0.717, 1.165) is 6.42 Å². The Morgan fingerprint density at radius 2 is 2.18 bits per heavy atom. The Kier molecular flexibility index (Phi) is 3.64. The highest BCUT2D eigenvalue weighted by Gasteiger charge is 2.36. The third-order valence-electron chi connectivity index (χ3n) is 2.18. The predicted octanol–water partition coefficient (Wildman–Crippen LogP) is 2.91. The molecular weight excluding hydrogens is 136 g/mol. The molecule has 0 aromatic rings. The first-order chi connectivity index (χ1) is 5.38. The van der Waals surface area contributed by atoms with Gasteiger partial charge in [-0.25, -0.2) is 0 Å². The molecule has 0 N–H and O–H groups in total. The van der Waals surface area contributed by atoms with E-state index in [4.69, 9.17) is 4.74 Å². The molecular formula is C10H18O. The summed E-state index contributed by atoms with van der Waals surface area (Å²) in [6.07, 6.45) is 9.31. The first-order valence-corrected chi connectivity index (χ1v) is 4.64. The van der Waals surface area contributed by atoms with Crippen LogP contribution >= 0.6 is 0 Å². The summed E-state index contributed by atoms with van der Waals surface area (Å²) >= 11 is 0. The Bertz CT molecular complexity index is 120. The lowest BCUT2D eigenvalue weighted by molar-refractivity contribution is 0.359. The molecule has 1 aliphatic rings. The van der Waals surface area contributed by atoms with Gasteiger partial charge in [-0.1, -0.05) is 32.3 Å². The van der Waals surface area contributed by atoms with Crippen LogP contribution < -0.4 is 0 Å². The SMILES string of the molecule is C=CC[C@@H]1O[C@@H]1CCCCC. The molecule has 0 amide bonds. The fourth-order valence-corrected chi connectivity index (χ4v) is 1.40. The third kappa shape index (κ3) is 3.06. The van der Waals surface area contributed by atoms with Crippen LogP contribution in [0.4, 0.5) is 0 Å². The maximum atomic E-state index is 5.43. The van der Waals surface area contributed by atoms with Crippen molar-refractivity contribution >= 4 is 0 Å². The number of hydrogen-bond donors (Lipinski definition) is 0. The van der Waals surface area contributed by atoms with Crippen molar-refractivity contribution in [3.63, 3.8) is 0 Å². The highest BCUT2D eigenvalue weighted by Crippen LogP contribution is 2.29. The van der Waals surface area contributed by atoms with Crippen LogP contribution in [0.15, 0.2) is 12.7 Å². The quantitative estimate of drug-likeness (QED) is 0.325. The summed E-state index contributed by atoms with van der Waals surface area (Å²) in [6.45, 7) is 5.92. The Labute approximate surface area is 69.4 Å². The zero-order valence-corrected chi connectivity index (χ0v) is 7.38. The minimum absolute atomic E-state index is 0.518. The van der Waals surface area contributed by atoms with E-state index in [1.165, 1.54) is 25.7 Å². The average molecular weight is 154 g/mol. The number of unbranched alkanes of at least 4 members (excludes halogenated alkanes) is 2. The van der Waals surface area contributed by atoms with Crippen LogP contribution in [0.5, 0.6) is 0 Å². The van der Waals surface area contributed by atoms with E-state index in [2.05, 4.69) is 13.5 Å². The molecule has 0 radical (unpaired) electrons. The van der Waals surface area contributed by atoms with Gasteiger partial charge in [0.25, 0.3) is 0 Å².